The highest BCUT2D eigenvalue weighted by Crippen LogP contribution is 2.31. The molecule has 1 atom stereocenters. The van der Waals surface area contributed by atoms with Crippen molar-refractivity contribution in [3.8, 4) is 6.07 Å². The van der Waals surface area contributed by atoms with Crippen molar-refractivity contribution in [2.45, 2.75) is 19.4 Å². The van der Waals surface area contributed by atoms with E-state index in [1.165, 1.54) is 0 Å². The summed E-state index contributed by atoms with van der Waals surface area (Å²) in [5.74, 6) is 0. The molecule has 0 aliphatic rings. The fourth-order valence-electron chi connectivity index (χ4n) is 2.23. The Morgan fingerprint density at radius 3 is 2.48 bits per heavy atom. The molecule has 0 unspecified atom stereocenters. The Morgan fingerprint density at radius 2 is 1.90 bits per heavy atom. The molecule has 0 aromatic heterocycles. The number of nitrogens with zero attached hydrogens (tertiary/aromatic N) is 2. The minimum Gasteiger partial charge on any atom is -0.340 e. The number of anilines is 2. The lowest BCUT2D eigenvalue weighted by molar-refractivity contribution is 0.812. The van der Waals surface area contributed by atoms with Crippen molar-refractivity contribution < 1.29 is 0 Å². The Bertz CT molecular complexity index is 632. The smallest absolute Gasteiger partial charge is 0.0640 e. The quantitative estimate of drug-likeness (QED) is 0.868. The van der Waals surface area contributed by atoms with Crippen LogP contribution in [0.25, 0.3) is 0 Å². The van der Waals surface area contributed by atoms with Gasteiger partial charge in [0.25, 0.3) is 0 Å². The molecule has 21 heavy (non-hydrogen) atoms. The van der Waals surface area contributed by atoms with Crippen molar-refractivity contribution in [1.82, 2.24) is 0 Å². The van der Waals surface area contributed by atoms with Crippen molar-refractivity contribution >= 4 is 27.3 Å². The minimum atomic E-state index is -0.0160. The van der Waals surface area contributed by atoms with E-state index in [1.54, 1.807) is 0 Å². The second-order valence-electron chi connectivity index (χ2n) is 4.89. The third-order valence-corrected chi connectivity index (χ3v) is 3.99. The van der Waals surface area contributed by atoms with Gasteiger partial charge in [0.2, 0.25) is 0 Å². The fourth-order valence-corrected chi connectivity index (χ4v) is 2.96. The predicted molar refractivity (Wildman–Crippen MR) is 90.4 cm³/mol. The first kappa shape index (κ1) is 15.6. The Morgan fingerprint density at radius 1 is 1.19 bits per heavy atom. The highest BCUT2D eigenvalue weighted by molar-refractivity contribution is 9.10. The van der Waals surface area contributed by atoms with E-state index < -0.39 is 0 Å². The van der Waals surface area contributed by atoms with Crippen molar-refractivity contribution in [2.24, 2.45) is 5.73 Å². The molecule has 0 radical (unpaired) electrons. The maximum Gasteiger partial charge on any atom is 0.0640 e. The maximum atomic E-state index is 8.88. The summed E-state index contributed by atoms with van der Waals surface area (Å²) in [7, 11) is 0. The van der Waals surface area contributed by atoms with Crippen LogP contribution in [-0.4, -0.2) is 6.54 Å². The molecular formula is C17H18BrN3. The molecular weight excluding hydrogens is 326 g/mol. The number of rotatable bonds is 5. The predicted octanol–water partition coefficient (Wildman–Crippen LogP) is 4.52. The molecule has 0 heterocycles. The summed E-state index contributed by atoms with van der Waals surface area (Å²) in [6, 6.07) is 18.4. The first-order valence-electron chi connectivity index (χ1n) is 6.88. The maximum absolute atomic E-state index is 8.88. The molecule has 0 spiro atoms. The second kappa shape index (κ2) is 7.26. The second-order valence-corrected chi connectivity index (χ2v) is 5.74. The molecule has 0 aliphatic heterocycles. The van der Waals surface area contributed by atoms with Gasteiger partial charge in [-0.05, 0) is 36.8 Å². The molecule has 2 rings (SSSR count). The lowest BCUT2D eigenvalue weighted by atomic mass is 10.1. The fraction of sp³-hybridized carbons (Fsp3) is 0.235. The van der Waals surface area contributed by atoms with Crippen LogP contribution in [0, 0.1) is 11.3 Å². The summed E-state index contributed by atoms with van der Waals surface area (Å²) < 4.78 is 0.993. The molecule has 2 N–H and O–H groups in total. The molecule has 3 nitrogen and oxygen atoms in total. The Hall–Kier alpha value is -1.83. The van der Waals surface area contributed by atoms with Crippen molar-refractivity contribution in [3.63, 3.8) is 0 Å². The summed E-state index contributed by atoms with van der Waals surface area (Å²) in [5.41, 5.74) is 9.15. The summed E-state index contributed by atoms with van der Waals surface area (Å²) in [5, 5.41) is 8.88. The molecule has 0 bridgehead atoms. The molecule has 2 aromatic carbocycles. The van der Waals surface area contributed by atoms with E-state index in [-0.39, 0.29) is 6.04 Å². The van der Waals surface area contributed by atoms with Crippen LogP contribution in [0.5, 0.6) is 0 Å². The highest BCUT2D eigenvalue weighted by atomic mass is 79.9. The van der Waals surface area contributed by atoms with Crippen LogP contribution in [0.3, 0.4) is 0 Å². The van der Waals surface area contributed by atoms with Gasteiger partial charge in [-0.25, -0.2) is 0 Å². The number of hydrogen-bond acceptors (Lipinski definition) is 3. The normalized spacial score (nSPS) is 11.7. The number of hydrogen-bond donors (Lipinski definition) is 1. The lowest BCUT2D eigenvalue weighted by Gasteiger charge is -2.25. The van der Waals surface area contributed by atoms with Gasteiger partial charge in [-0.1, -0.05) is 40.2 Å². The third-order valence-electron chi connectivity index (χ3n) is 3.30. The lowest BCUT2D eigenvalue weighted by Crippen LogP contribution is -2.18. The summed E-state index contributed by atoms with van der Waals surface area (Å²) in [4.78, 5) is 2.14. The van der Waals surface area contributed by atoms with E-state index in [9.17, 15) is 0 Å². The Kier molecular flexibility index (Phi) is 5.38. The van der Waals surface area contributed by atoms with E-state index in [0.717, 1.165) is 21.4 Å². The average molecular weight is 344 g/mol. The molecule has 4 heteroatoms. The number of nitrogens with two attached hydrogens (primary N) is 1. The van der Waals surface area contributed by atoms with Crippen molar-refractivity contribution in [3.05, 3.63) is 58.6 Å². The number of para-hydroxylation sites is 1. The van der Waals surface area contributed by atoms with E-state index in [4.69, 9.17) is 11.0 Å². The third kappa shape index (κ3) is 3.84. The van der Waals surface area contributed by atoms with Crippen LogP contribution >= 0.6 is 15.9 Å². The zero-order valence-corrected chi connectivity index (χ0v) is 13.5. The summed E-state index contributed by atoms with van der Waals surface area (Å²) in [6.07, 6.45) is 0.474. The first-order valence-corrected chi connectivity index (χ1v) is 7.67. The highest BCUT2D eigenvalue weighted by Gasteiger charge is 2.12. The molecule has 0 amide bonds. The average Bonchev–Trinajstić information content (AvgIpc) is 2.48. The van der Waals surface area contributed by atoms with E-state index >= 15 is 0 Å². The largest absolute Gasteiger partial charge is 0.340 e. The molecule has 2 aromatic rings. The van der Waals surface area contributed by atoms with Gasteiger partial charge in [-0.2, -0.15) is 5.26 Å². The SMILES string of the molecule is C[C@@H](N)c1ccc(N(CCC#N)c2ccccc2)cc1Br. The van der Waals surface area contributed by atoms with Gasteiger partial charge in [0.15, 0.2) is 0 Å². The van der Waals surface area contributed by atoms with Gasteiger partial charge < -0.3 is 10.6 Å². The minimum absolute atomic E-state index is 0.0160. The van der Waals surface area contributed by atoms with Crippen LogP contribution < -0.4 is 10.6 Å². The van der Waals surface area contributed by atoms with Crippen molar-refractivity contribution in [2.75, 3.05) is 11.4 Å². The monoisotopic (exact) mass is 343 g/mol. The Balaban J connectivity index is 2.38. The number of nitriles is 1. The molecule has 108 valence electrons. The molecule has 0 fully saturated rings. The van der Waals surface area contributed by atoms with Gasteiger partial charge in [0, 0.05) is 28.4 Å². The van der Waals surface area contributed by atoms with Gasteiger partial charge in [-0.15, -0.1) is 0 Å². The van der Waals surface area contributed by atoms with Crippen LogP contribution in [0.2, 0.25) is 0 Å². The summed E-state index contributed by atoms with van der Waals surface area (Å²) >= 11 is 3.59. The number of halogens is 1. The van der Waals surface area contributed by atoms with E-state index in [2.05, 4.69) is 33.0 Å². The van der Waals surface area contributed by atoms with Crippen LogP contribution in [-0.2, 0) is 0 Å². The molecule has 0 saturated heterocycles. The van der Waals surface area contributed by atoms with Gasteiger partial charge >= 0.3 is 0 Å². The van der Waals surface area contributed by atoms with Crippen LogP contribution in [0.1, 0.15) is 24.9 Å². The van der Waals surface area contributed by atoms with Gasteiger partial charge in [-0.3, -0.25) is 0 Å². The van der Waals surface area contributed by atoms with Crippen LogP contribution in [0.4, 0.5) is 11.4 Å². The first-order chi connectivity index (χ1) is 10.1. The van der Waals surface area contributed by atoms with E-state index in [1.807, 2.05) is 49.4 Å². The van der Waals surface area contributed by atoms with Gasteiger partial charge in [0.05, 0.1) is 12.5 Å². The molecule has 0 saturated carbocycles. The topological polar surface area (TPSA) is 53.0 Å². The zero-order valence-electron chi connectivity index (χ0n) is 12.0. The molecule has 0 aliphatic carbocycles. The van der Waals surface area contributed by atoms with Crippen LogP contribution in [0.15, 0.2) is 53.0 Å². The Labute approximate surface area is 134 Å². The van der Waals surface area contributed by atoms with Gasteiger partial charge in [0.1, 0.15) is 0 Å². The zero-order chi connectivity index (χ0) is 15.2. The van der Waals surface area contributed by atoms with E-state index in [0.29, 0.717) is 13.0 Å². The van der Waals surface area contributed by atoms with Crippen molar-refractivity contribution in [1.29, 1.82) is 5.26 Å². The number of benzene rings is 2. The standard InChI is InChI=1S/C17H18BrN3/c1-13(20)16-9-8-15(12-17(16)18)21(11-5-10-19)14-6-3-2-4-7-14/h2-4,6-9,12-13H,5,11,20H2,1H3/t13-/m1/s1. The summed E-state index contributed by atoms with van der Waals surface area (Å²) in [6.45, 7) is 2.62.